The Labute approximate surface area is 298 Å². The minimum Gasteiger partial charge on any atom is -0.497 e. The molecule has 1 aliphatic heterocycles. The van der Waals surface area contributed by atoms with Crippen molar-refractivity contribution in [2.75, 3.05) is 18.6 Å². The summed E-state index contributed by atoms with van der Waals surface area (Å²) >= 11 is 0. The zero-order valence-corrected chi connectivity index (χ0v) is 29.3. The fourth-order valence-corrected chi connectivity index (χ4v) is 5.76. The summed E-state index contributed by atoms with van der Waals surface area (Å²) in [7, 11) is 1.59. The first kappa shape index (κ1) is 38.2. The van der Waals surface area contributed by atoms with E-state index in [1.165, 1.54) is 12.2 Å². The van der Waals surface area contributed by atoms with Gasteiger partial charge in [-0.15, -0.1) is 0 Å². The van der Waals surface area contributed by atoms with Gasteiger partial charge in [0, 0.05) is 37.2 Å². The summed E-state index contributed by atoms with van der Waals surface area (Å²) in [5.74, 6) is -1.20. The number of hydrogen-bond acceptors (Lipinski definition) is 7. The molecule has 1 heterocycles. The predicted molar refractivity (Wildman–Crippen MR) is 194 cm³/mol. The maximum absolute atomic E-state index is 13.9. The first-order valence-electron chi connectivity index (χ1n) is 17.1. The van der Waals surface area contributed by atoms with E-state index >= 15 is 0 Å². The van der Waals surface area contributed by atoms with Crippen LogP contribution < -0.4 is 31.3 Å². The lowest BCUT2D eigenvalue weighted by Gasteiger charge is -2.25. The number of benzene rings is 3. The Hall–Kier alpha value is -5.65. The monoisotopic (exact) mass is 697 g/mol. The smallest absolute Gasteiger partial charge is 0.408 e. The Bertz CT molecular complexity index is 1680. The Morgan fingerprint density at radius 2 is 1.53 bits per heavy atom. The molecular weight excluding hydrogens is 650 g/mol. The van der Waals surface area contributed by atoms with Crippen LogP contribution in [0.15, 0.2) is 91.0 Å². The second-order valence-corrected chi connectivity index (χ2v) is 12.9. The summed E-state index contributed by atoms with van der Waals surface area (Å²) in [6.45, 7) is 4.35. The molecule has 0 unspecified atom stereocenters. The van der Waals surface area contributed by atoms with Crippen LogP contribution in [-0.2, 0) is 43.4 Å². The Kier molecular flexibility index (Phi) is 14.2. The van der Waals surface area contributed by atoms with Crippen molar-refractivity contribution in [1.29, 1.82) is 0 Å². The summed E-state index contributed by atoms with van der Waals surface area (Å²) in [5.41, 5.74) is 8.79. The van der Waals surface area contributed by atoms with E-state index in [1.807, 2.05) is 86.6 Å². The van der Waals surface area contributed by atoms with Crippen LogP contribution in [0, 0.1) is 5.92 Å². The molecule has 51 heavy (non-hydrogen) atoms. The molecule has 3 aromatic rings. The van der Waals surface area contributed by atoms with Gasteiger partial charge in [0.1, 0.15) is 24.4 Å². The molecule has 0 saturated heterocycles. The highest BCUT2D eigenvalue weighted by atomic mass is 16.5. The second-order valence-electron chi connectivity index (χ2n) is 12.9. The second kappa shape index (κ2) is 18.9. The molecule has 0 fully saturated rings. The molecule has 5 N–H and O–H groups in total. The standard InChI is InChI=1S/C39H47N5O7/c1-26(2)22-32(43-39(49)51-25-28-12-8-5-9-13-28)38(48)42-33(23-27-10-6-4-7-11-27)37(47)41-30(14-18-35(40)45)15-19-36(46)44-21-20-29-24-31(50-3)16-17-34(29)44/h4-13,15-17,19,24,26,30,32-33H,14,18,20-23,25H2,1-3H3,(H2,40,45)(H,41,47)(H,42,48)(H,43,49)/b19-15+/t30-,32-,33-/m0/s1. The molecule has 0 aromatic heterocycles. The minimum atomic E-state index is -1.06. The lowest BCUT2D eigenvalue weighted by Crippen LogP contribution is -2.55. The van der Waals surface area contributed by atoms with E-state index in [0.717, 1.165) is 22.4 Å². The van der Waals surface area contributed by atoms with E-state index in [4.69, 9.17) is 15.2 Å². The molecule has 0 spiro atoms. The van der Waals surface area contributed by atoms with Crippen molar-refractivity contribution < 1.29 is 33.4 Å². The molecule has 4 rings (SSSR count). The van der Waals surface area contributed by atoms with Gasteiger partial charge in [-0.25, -0.2) is 4.79 Å². The summed E-state index contributed by atoms with van der Waals surface area (Å²) in [4.78, 5) is 67.0. The third kappa shape index (κ3) is 12.0. The highest BCUT2D eigenvalue weighted by molar-refractivity contribution is 6.03. The highest BCUT2D eigenvalue weighted by Gasteiger charge is 2.29. The van der Waals surface area contributed by atoms with Crippen LogP contribution >= 0.6 is 0 Å². The number of carbonyl (C=O) groups excluding carboxylic acids is 5. The zero-order chi connectivity index (χ0) is 36.8. The summed E-state index contributed by atoms with van der Waals surface area (Å²) in [6.07, 6.45) is 3.36. The van der Waals surface area contributed by atoms with Crippen LogP contribution in [0.2, 0.25) is 0 Å². The van der Waals surface area contributed by atoms with Crippen LogP contribution in [0.5, 0.6) is 5.75 Å². The maximum atomic E-state index is 13.9. The number of methoxy groups -OCH3 is 1. The van der Waals surface area contributed by atoms with Gasteiger partial charge >= 0.3 is 6.09 Å². The number of hydrogen-bond donors (Lipinski definition) is 4. The lowest BCUT2D eigenvalue weighted by atomic mass is 10.0. The van der Waals surface area contributed by atoms with Gasteiger partial charge in [0.05, 0.1) is 7.11 Å². The average Bonchev–Trinajstić information content (AvgIpc) is 3.55. The van der Waals surface area contributed by atoms with Crippen molar-refractivity contribution >= 4 is 35.4 Å². The first-order valence-corrected chi connectivity index (χ1v) is 17.1. The van der Waals surface area contributed by atoms with Crippen molar-refractivity contribution in [2.45, 2.75) is 70.7 Å². The van der Waals surface area contributed by atoms with Crippen molar-refractivity contribution in [3.05, 3.63) is 108 Å². The number of carbonyl (C=O) groups is 5. The molecule has 0 saturated carbocycles. The predicted octanol–water partition coefficient (Wildman–Crippen LogP) is 3.96. The van der Waals surface area contributed by atoms with E-state index in [1.54, 1.807) is 18.1 Å². The average molecular weight is 698 g/mol. The number of fused-ring (bicyclic) bond motifs is 1. The number of alkyl carbamates (subject to hydrolysis) is 1. The molecule has 1 aliphatic rings. The van der Waals surface area contributed by atoms with Gasteiger partial charge < -0.3 is 36.1 Å². The van der Waals surface area contributed by atoms with Gasteiger partial charge in [-0.05, 0) is 60.1 Å². The number of ether oxygens (including phenoxy) is 2. The molecule has 0 bridgehead atoms. The van der Waals surface area contributed by atoms with Crippen molar-refractivity contribution in [3.63, 3.8) is 0 Å². The number of nitrogens with one attached hydrogen (secondary N) is 3. The van der Waals surface area contributed by atoms with E-state index < -0.39 is 41.9 Å². The van der Waals surface area contributed by atoms with Crippen LogP contribution in [0.25, 0.3) is 0 Å². The SMILES string of the molecule is COc1ccc2c(c1)CCN2C(=O)/C=C/[C@H](CCC(N)=O)NC(=O)[C@H](Cc1ccccc1)NC(=O)[C@H](CC(C)C)NC(=O)OCc1ccccc1. The van der Waals surface area contributed by atoms with Crippen molar-refractivity contribution in [1.82, 2.24) is 16.0 Å². The molecule has 3 atom stereocenters. The van der Waals surface area contributed by atoms with Crippen LogP contribution in [-0.4, -0.2) is 61.5 Å². The van der Waals surface area contributed by atoms with E-state index in [-0.39, 0.29) is 37.7 Å². The van der Waals surface area contributed by atoms with Crippen molar-refractivity contribution in [3.8, 4) is 5.75 Å². The summed E-state index contributed by atoms with van der Waals surface area (Å²) in [5, 5.41) is 8.37. The van der Waals surface area contributed by atoms with Gasteiger partial charge in [0.2, 0.25) is 17.7 Å². The first-order chi connectivity index (χ1) is 24.5. The largest absolute Gasteiger partial charge is 0.497 e. The fraction of sp³-hybridized carbons (Fsp3) is 0.359. The molecular formula is C39H47N5O7. The molecule has 270 valence electrons. The summed E-state index contributed by atoms with van der Waals surface area (Å²) < 4.78 is 10.7. The van der Waals surface area contributed by atoms with Gasteiger partial charge in [-0.3, -0.25) is 19.2 Å². The molecule has 5 amide bonds. The quantitative estimate of drug-likeness (QED) is 0.155. The third-order valence-corrected chi connectivity index (χ3v) is 8.39. The van der Waals surface area contributed by atoms with Gasteiger partial charge in [0.15, 0.2) is 0 Å². The lowest BCUT2D eigenvalue weighted by molar-refractivity contribution is -0.130. The molecule has 0 aliphatic carbocycles. The fourth-order valence-electron chi connectivity index (χ4n) is 5.76. The molecule has 0 radical (unpaired) electrons. The Balaban J connectivity index is 1.48. The molecule has 12 heteroatoms. The molecule has 3 aromatic carbocycles. The Morgan fingerprint density at radius 3 is 2.18 bits per heavy atom. The topological polar surface area (TPSA) is 169 Å². The number of nitrogens with zero attached hydrogens (tertiary/aromatic N) is 1. The molecule has 12 nitrogen and oxygen atoms in total. The number of amides is 5. The number of nitrogens with two attached hydrogens (primary N) is 1. The van der Waals surface area contributed by atoms with Crippen LogP contribution in [0.4, 0.5) is 10.5 Å². The number of rotatable bonds is 17. The van der Waals surface area contributed by atoms with E-state index in [9.17, 15) is 24.0 Å². The Morgan fingerprint density at radius 1 is 0.863 bits per heavy atom. The van der Waals surface area contributed by atoms with Crippen LogP contribution in [0.1, 0.15) is 49.8 Å². The van der Waals surface area contributed by atoms with E-state index in [0.29, 0.717) is 25.1 Å². The van der Waals surface area contributed by atoms with E-state index in [2.05, 4.69) is 16.0 Å². The summed E-state index contributed by atoms with van der Waals surface area (Å²) in [6, 6.07) is 21.1. The van der Waals surface area contributed by atoms with Gasteiger partial charge in [-0.2, -0.15) is 0 Å². The normalized spacial score (nSPS) is 13.9. The number of anilines is 1. The van der Waals surface area contributed by atoms with Crippen LogP contribution in [0.3, 0.4) is 0 Å². The third-order valence-electron chi connectivity index (χ3n) is 8.39. The van der Waals surface area contributed by atoms with Gasteiger partial charge in [0.25, 0.3) is 5.91 Å². The number of primary amides is 1. The van der Waals surface area contributed by atoms with Gasteiger partial charge in [-0.1, -0.05) is 80.6 Å². The minimum absolute atomic E-state index is 0.0297. The zero-order valence-electron chi connectivity index (χ0n) is 29.3. The highest BCUT2D eigenvalue weighted by Crippen LogP contribution is 2.31. The van der Waals surface area contributed by atoms with Crippen molar-refractivity contribution in [2.24, 2.45) is 11.7 Å². The maximum Gasteiger partial charge on any atom is 0.408 e.